The number of benzene rings is 2. The van der Waals surface area contributed by atoms with Crippen LogP contribution in [0.1, 0.15) is 44.6 Å². The monoisotopic (exact) mass is 480 g/mol. The number of nitrogens with one attached hydrogen (secondary N) is 1. The van der Waals surface area contributed by atoms with Crippen molar-refractivity contribution in [2.75, 3.05) is 29.9 Å². The van der Waals surface area contributed by atoms with E-state index in [0.29, 0.717) is 35.0 Å². The smallest absolute Gasteiger partial charge is 0.247 e. The number of anilines is 2. The van der Waals surface area contributed by atoms with E-state index in [1.165, 1.54) is 6.92 Å². The lowest BCUT2D eigenvalue weighted by molar-refractivity contribution is -0.138. The molecule has 2 fully saturated rings. The molecule has 0 radical (unpaired) electrons. The van der Waals surface area contributed by atoms with Crippen molar-refractivity contribution in [2.24, 2.45) is 0 Å². The van der Waals surface area contributed by atoms with Crippen molar-refractivity contribution in [3.05, 3.63) is 53.1 Å². The normalized spacial score (nSPS) is 18.8. The number of carbonyl (C=O) groups excluding carboxylic acids is 2. The van der Waals surface area contributed by atoms with E-state index in [9.17, 15) is 9.59 Å². The lowest BCUT2D eigenvalue weighted by atomic mass is 10.0. The van der Waals surface area contributed by atoms with Crippen LogP contribution in [0.2, 0.25) is 5.02 Å². The van der Waals surface area contributed by atoms with E-state index in [0.717, 1.165) is 44.5 Å². The zero-order chi connectivity index (χ0) is 24.1. The first-order valence-corrected chi connectivity index (χ1v) is 12.1. The molecular formula is C26H29ClN4O3. The molecule has 4 rings (SSSR count). The zero-order valence-electron chi connectivity index (χ0n) is 19.3. The Hall–Kier alpha value is -3.24. The van der Waals surface area contributed by atoms with Crippen molar-refractivity contribution in [2.45, 2.75) is 51.2 Å². The van der Waals surface area contributed by atoms with E-state index in [4.69, 9.17) is 21.6 Å². The Morgan fingerprint density at radius 3 is 2.44 bits per heavy atom. The van der Waals surface area contributed by atoms with Gasteiger partial charge in [0.1, 0.15) is 17.9 Å². The third-order valence-electron chi connectivity index (χ3n) is 6.51. The van der Waals surface area contributed by atoms with Gasteiger partial charge < -0.3 is 19.9 Å². The summed E-state index contributed by atoms with van der Waals surface area (Å²) in [6, 6.07) is 14.6. The highest BCUT2D eigenvalue weighted by Crippen LogP contribution is 2.31. The largest absolute Gasteiger partial charge is 0.489 e. The van der Waals surface area contributed by atoms with Gasteiger partial charge in [0.05, 0.1) is 16.7 Å². The van der Waals surface area contributed by atoms with Gasteiger partial charge >= 0.3 is 0 Å². The predicted octanol–water partition coefficient (Wildman–Crippen LogP) is 4.60. The van der Waals surface area contributed by atoms with E-state index in [1.54, 1.807) is 23.1 Å². The van der Waals surface area contributed by atoms with Crippen molar-refractivity contribution in [1.82, 2.24) is 4.90 Å². The Morgan fingerprint density at radius 1 is 1.06 bits per heavy atom. The van der Waals surface area contributed by atoms with Crippen molar-refractivity contribution < 1.29 is 14.3 Å². The Labute approximate surface area is 205 Å². The van der Waals surface area contributed by atoms with Gasteiger partial charge in [-0.2, -0.15) is 5.26 Å². The fourth-order valence-electron chi connectivity index (χ4n) is 4.64. The number of carbonyl (C=O) groups is 2. The molecule has 0 aromatic heterocycles. The molecule has 1 atom stereocenters. The molecule has 2 aromatic rings. The molecule has 2 saturated heterocycles. The lowest BCUT2D eigenvalue weighted by Gasteiger charge is -2.34. The summed E-state index contributed by atoms with van der Waals surface area (Å²) < 4.78 is 6.16. The maximum Gasteiger partial charge on any atom is 0.247 e. The summed E-state index contributed by atoms with van der Waals surface area (Å²) in [5.41, 5.74) is 2.36. The number of rotatable bonds is 5. The predicted molar refractivity (Wildman–Crippen MR) is 132 cm³/mol. The van der Waals surface area contributed by atoms with Gasteiger partial charge in [-0.15, -0.1) is 0 Å². The van der Waals surface area contributed by atoms with Gasteiger partial charge in [-0.3, -0.25) is 9.59 Å². The highest BCUT2D eigenvalue weighted by Gasteiger charge is 2.30. The second-order valence-corrected chi connectivity index (χ2v) is 9.23. The van der Waals surface area contributed by atoms with Crippen LogP contribution in [0.3, 0.4) is 0 Å². The van der Waals surface area contributed by atoms with Gasteiger partial charge in [-0.25, -0.2) is 0 Å². The lowest BCUT2D eigenvalue weighted by Crippen LogP contribution is -2.49. The number of nitriles is 1. The third-order valence-corrected chi connectivity index (χ3v) is 6.80. The van der Waals surface area contributed by atoms with E-state index in [-0.39, 0.29) is 17.9 Å². The number of hydrogen-bond donors (Lipinski definition) is 1. The number of ether oxygens (including phenoxy) is 1. The number of nitrogens with zero attached hydrogens (tertiary/aromatic N) is 3. The molecule has 178 valence electrons. The molecule has 0 bridgehead atoms. The van der Waals surface area contributed by atoms with Crippen LogP contribution in [0.15, 0.2) is 42.5 Å². The van der Waals surface area contributed by atoms with Crippen LogP contribution >= 0.6 is 11.6 Å². The fourth-order valence-corrected chi connectivity index (χ4v) is 4.86. The quantitative estimate of drug-likeness (QED) is 0.676. The second-order valence-electron chi connectivity index (χ2n) is 8.82. The van der Waals surface area contributed by atoms with E-state index >= 15 is 0 Å². The van der Waals surface area contributed by atoms with Crippen LogP contribution in [0.5, 0.6) is 5.75 Å². The van der Waals surface area contributed by atoms with Gasteiger partial charge in [-0.1, -0.05) is 11.6 Å². The highest BCUT2D eigenvalue weighted by molar-refractivity contribution is 6.32. The molecule has 2 aliphatic heterocycles. The van der Waals surface area contributed by atoms with Crippen LogP contribution < -0.4 is 15.0 Å². The Bertz CT molecular complexity index is 1070. The maximum atomic E-state index is 12.8. The Morgan fingerprint density at radius 2 is 1.79 bits per heavy atom. The maximum absolute atomic E-state index is 12.8. The molecule has 2 aliphatic rings. The summed E-state index contributed by atoms with van der Waals surface area (Å²) >= 11 is 6.47. The number of halogens is 1. The molecule has 1 unspecified atom stereocenters. The molecule has 34 heavy (non-hydrogen) atoms. The van der Waals surface area contributed by atoms with E-state index in [2.05, 4.69) is 16.3 Å². The fraction of sp³-hybridized carbons (Fsp3) is 0.423. The van der Waals surface area contributed by atoms with Crippen molar-refractivity contribution in [1.29, 1.82) is 5.26 Å². The van der Waals surface area contributed by atoms with Crippen LogP contribution in [0, 0.1) is 11.3 Å². The van der Waals surface area contributed by atoms with Gasteiger partial charge in [0.25, 0.3) is 0 Å². The summed E-state index contributed by atoms with van der Waals surface area (Å²) in [6.07, 6.45) is 4.29. The SMILES string of the molecule is CC(=O)N1CCCCC1C(=O)Nc1ccc(OC2CCN(c3ccc(C#N)cc3)CC2)c(Cl)c1. The van der Waals surface area contributed by atoms with Crippen LogP contribution in [0.4, 0.5) is 11.4 Å². The summed E-state index contributed by atoms with van der Waals surface area (Å²) in [5.74, 6) is 0.334. The molecule has 7 nitrogen and oxygen atoms in total. The van der Waals surface area contributed by atoms with Gasteiger partial charge in [-0.05, 0) is 61.7 Å². The van der Waals surface area contributed by atoms with E-state index < -0.39 is 6.04 Å². The molecule has 0 spiro atoms. The molecule has 2 amide bonds. The molecule has 2 aromatic carbocycles. The van der Waals surface area contributed by atoms with Crippen molar-refractivity contribution in [3.63, 3.8) is 0 Å². The molecule has 8 heteroatoms. The van der Waals surface area contributed by atoms with Crippen molar-refractivity contribution >= 4 is 34.8 Å². The first-order chi connectivity index (χ1) is 16.4. The van der Waals surface area contributed by atoms with Crippen LogP contribution in [-0.2, 0) is 9.59 Å². The minimum atomic E-state index is -0.442. The minimum absolute atomic E-state index is 0.0546. The molecule has 0 saturated carbocycles. The number of likely N-dealkylation sites (tertiary alicyclic amines) is 1. The standard InChI is InChI=1S/C26H29ClN4O3/c1-18(32)31-13-3-2-4-24(31)26(33)29-20-7-10-25(23(27)16-20)34-22-11-14-30(15-12-22)21-8-5-19(17-28)6-9-21/h5-10,16,22,24H,2-4,11-15H2,1H3,(H,29,33). The molecule has 1 N–H and O–H groups in total. The molecular weight excluding hydrogens is 452 g/mol. The summed E-state index contributed by atoms with van der Waals surface area (Å²) in [4.78, 5) is 28.6. The number of piperidine rings is 2. The Balaban J connectivity index is 1.31. The average Bonchev–Trinajstić information content (AvgIpc) is 2.86. The third kappa shape index (κ3) is 5.63. The van der Waals surface area contributed by atoms with Gasteiger partial charge in [0.2, 0.25) is 11.8 Å². The van der Waals surface area contributed by atoms with Crippen LogP contribution in [0.25, 0.3) is 0 Å². The minimum Gasteiger partial charge on any atom is -0.489 e. The zero-order valence-corrected chi connectivity index (χ0v) is 20.1. The summed E-state index contributed by atoms with van der Waals surface area (Å²) in [6.45, 7) is 3.83. The number of hydrogen-bond acceptors (Lipinski definition) is 5. The van der Waals surface area contributed by atoms with E-state index in [1.807, 2.05) is 24.3 Å². The molecule has 0 aliphatic carbocycles. The summed E-state index contributed by atoms with van der Waals surface area (Å²) in [7, 11) is 0. The first-order valence-electron chi connectivity index (χ1n) is 11.7. The molecule has 2 heterocycles. The Kier molecular flexibility index (Phi) is 7.59. The van der Waals surface area contributed by atoms with Crippen LogP contribution in [-0.4, -0.2) is 48.5 Å². The average molecular weight is 481 g/mol. The first kappa shape index (κ1) is 23.9. The van der Waals surface area contributed by atoms with Crippen molar-refractivity contribution in [3.8, 4) is 11.8 Å². The topological polar surface area (TPSA) is 85.7 Å². The number of amides is 2. The van der Waals surface area contributed by atoms with Gasteiger partial charge in [0.15, 0.2) is 0 Å². The highest BCUT2D eigenvalue weighted by atomic mass is 35.5. The van der Waals surface area contributed by atoms with Gasteiger partial charge in [0, 0.05) is 50.8 Å². The summed E-state index contributed by atoms with van der Waals surface area (Å²) in [5, 5.41) is 12.3. The second kappa shape index (κ2) is 10.8.